The van der Waals surface area contributed by atoms with Crippen molar-refractivity contribution in [3.63, 3.8) is 0 Å². The predicted molar refractivity (Wildman–Crippen MR) is 86.4 cm³/mol. The van der Waals surface area contributed by atoms with Gasteiger partial charge in [-0.3, -0.25) is 4.79 Å². The zero-order valence-electron chi connectivity index (χ0n) is 12.1. The summed E-state index contributed by atoms with van der Waals surface area (Å²) in [4.78, 5) is 11.7. The molecule has 0 aromatic heterocycles. The molecule has 0 aliphatic heterocycles. The number of amides is 1. The third-order valence-corrected chi connectivity index (χ3v) is 4.79. The highest BCUT2D eigenvalue weighted by molar-refractivity contribution is 7.89. The third kappa shape index (κ3) is 4.75. The molecule has 8 heteroatoms. The summed E-state index contributed by atoms with van der Waals surface area (Å²) in [6, 6.07) is 9.71. The summed E-state index contributed by atoms with van der Waals surface area (Å²) in [6.07, 6.45) is 0. The monoisotopic (exact) mass is 356 g/mol. The van der Waals surface area contributed by atoms with Crippen molar-refractivity contribution in [1.82, 2.24) is 4.72 Å². The number of nitrogens with one attached hydrogen (secondary N) is 2. The normalized spacial score (nSPS) is 11.3. The molecule has 0 saturated heterocycles. The first-order valence-corrected chi connectivity index (χ1v) is 8.45. The number of benzene rings is 2. The Morgan fingerprint density at radius 3 is 2.43 bits per heavy atom. The van der Waals surface area contributed by atoms with E-state index in [2.05, 4.69) is 10.0 Å². The molecule has 0 heterocycles. The van der Waals surface area contributed by atoms with Crippen LogP contribution in [0.4, 0.5) is 10.1 Å². The van der Waals surface area contributed by atoms with Crippen LogP contribution in [0.5, 0.6) is 0 Å². The summed E-state index contributed by atoms with van der Waals surface area (Å²) in [6.45, 7) is 1.03. The second-order valence-electron chi connectivity index (χ2n) is 4.79. The molecule has 2 N–H and O–H groups in total. The van der Waals surface area contributed by atoms with Gasteiger partial charge in [-0.05, 0) is 55.0 Å². The zero-order valence-corrected chi connectivity index (χ0v) is 13.7. The first-order chi connectivity index (χ1) is 10.8. The summed E-state index contributed by atoms with van der Waals surface area (Å²) in [5.41, 5.74) is 0.757. The number of carbonyl (C=O) groups excluding carboxylic acids is 1. The van der Waals surface area contributed by atoms with Gasteiger partial charge in [0.15, 0.2) is 0 Å². The number of rotatable bonds is 5. The zero-order chi connectivity index (χ0) is 17.0. The summed E-state index contributed by atoms with van der Waals surface area (Å²) >= 11 is 5.73. The molecular weight excluding hydrogens is 343 g/mol. The van der Waals surface area contributed by atoms with E-state index in [-0.39, 0.29) is 10.5 Å². The molecule has 1 amide bonds. The van der Waals surface area contributed by atoms with E-state index >= 15 is 0 Å². The SMILES string of the molecule is Cc1cc(F)ccc1S(=O)(=O)NCC(=O)Nc1ccc(Cl)cc1. The standard InChI is InChI=1S/C15H14ClFN2O3S/c1-10-8-12(17)4-7-14(10)23(21,22)18-9-15(20)19-13-5-2-11(16)3-6-13/h2-8,18H,9H2,1H3,(H,19,20). The molecule has 0 radical (unpaired) electrons. The van der Waals surface area contributed by atoms with E-state index in [0.29, 0.717) is 10.7 Å². The molecule has 0 saturated carbocycles. The smallest absolute Gasteiger partial charge is 0.241 e. The van der Waals surface area contributed by atoms with Crippen LogP contribution in [0, 0.1) is 12.7 Å². The Hall–Kier alpha value is -1.96. The third-order valence-electron chi connectivity index (χ3n) is 2.98. The van der Waals surface area contributed by atoms with Gasteiger partial charge in [0.2, 0.25) is 15.9 Å². The molecule has 122 valence electrons. The van der Waals surface area contributed by atoms with Crippen LogP contribution < -0.4 is 10.0 Å². The Labute approximate surface area is 138 Å². The molecule has 2 aromatic carbocycles. The average molecular weight is 357 g/mol. The molecule has 0 bridgehead atoms. The van der Waals surface area contributed by atoms with Gasteiger partial charge in [0.1, 0.15) is 5.82 Å². The van der Waals surface area contributed by atoms with E-state index in [4.69, 9.17) is 11.6 Å². The van der Waals surface area contributed by atoms with E-state index in [0.717, 1.165) is 18.2 Å². The number of hydrogen-bond donors (Lipinski definition) is 2. The molecule has 0 atom stereocenters. The summed E-state index contributed by atoms with van der Waals surface area (Å²) in [5, 5.41) is 3.06. The van der Waals surface area contributed by atoms with Gasteiger partial charge >= 0.3 is 0 Å². The maximum absolute atomic E-state index is 13.0. The van der Waals surface area contributed by atoms with Crippen molar-refractivity contribution in [2.24, 2.45) is 0 Å². The van der Waals surface area contributed by atoms with E-state index in [1.54, 1.807) is 24.3 Å². The van der Waals surface area contributed by atoms with Crippen LogP contribution >= 0.6 is 11.6 Å². The summed E-state index contributed by atoms with van der Waals surface area (Å²) < 4.78 is 39.5. The molecule has 0 aliphatic rings. The van der Waals surface area contributed by atoms with Crippen LogP contribution in [-0.2, 0) is 14.8 Å². The van der Waals surface area contributed by atoms with Crippen LogP contribution in [0.2, 0.25) is 5.02 Å². The van der Waals surface area contributed by atoms with Crippen molar-refractivity contribution < 1.29 is 17.6 Å². The second kappa shape index (κ2) is 7.08. The quantitative estimate of drug-likeness (QED) is 0.864. The van der Waals surface area contributed by atoms with E-state index < -0.39 is 28.3 Å². The Morgan fingerprint density at radius 1 is 1.17 bits per heavy atom. The molecule has 2 aromatic rings. The van der Waals surface area contributed by atoms with Crippen molar-refractivity contribution >= 4 is 33.2 Å². The summed E-state index contributed by atoms with van der Waals surface area (Å²) in [7, 11) is -3.90. The number of anilines is 1. The van der Waals surface area contributed by atoms with Gasteiger partial charge in [-0.2, -0.15) is 0 Å². The first kappa shape index (κ1) is 17.4. The van der Waals surface area contributed by atoms with Gasteiger partial charge in [0.25, 0.3) is 0 Å². The Kier molecular flexibility index (Phi) is 5.35. The average Bonchev–Trinajstić information content (AvgIpc) is 2.47. The topological polar surface area (TPSA) is 75.3 Å². The van der Waals surface area contributed by atoms with Gasteiger partial charge < -0.3 is 5.32 Å². The minimum Gasteiger partial charge on any atom is -0.325 e. The van der Waals surface area contributed by atoms with Crippen LogP contribution in [-0.4, -0.2) is 20.9 Å². The molecule has 0 fully saturated rings. The first-order valence-electron chi connectivity index (χ1n) is 6.59. The van der Waals surface area contributed by atoms with Crippen molar-refractivity contribution in [2.45, 2.75) is 11.8 Å². The minimum absolute atomic E-state index is 0.0711. The highest BCUT2D eigenvalue weighted by Crippen LogP contribution is 2.16. The maximum Gasteiger partial charge on any atom is 0.241 e. The van der Waals surface area contributed by atoms with Gasteiger partial charge in [0, 0.05) is 10.7 Å². The van der Waals surface area contributed by atoms with Crippen molar-refractivity contribution in [2.75, 3.05) is 11.9 Å². The van der Waals surface area contributed by atoms with Gasteiger partial charge in [0.05, 0.1) is 11.4 Å². The molecule has 0 unspecified atom stereocenters. The van der Waals surface area contributed by atoms with E-state index in [1.165, 1.54) is 6.92 Å². The Balaban J connectivity index is 2.01. The van der Waals surface area contributed by atoms with Crippen LogP contribution in [0.15, 0.2) is 47.4 Å². The Bertz CT molecular complexity index is 823. The van der Waals surface area contributed by atoms with Crippen molar-refractivity contribution in [1.29, 1.82) is 0 Å². The fourth-order valence-corrected chi connectivity index (χ4v) is 3.22. The molecule has 0 aliphatic carbocycles. The predicted octanol–water partition coefficient (Wildman–Crippen LogP) is 2.70. The van der Waals surface area contributed by atoms with Gasteiger partial charge in [-0.25, -0.2) is 17.5 Å². The summed E-state index contributed by atoms with van der Waals surface area (Å²) in [5.74, 6) is -1.06. The lowest BCUT2D eigenvalue weighted by atomic mass is 10.2. The van der Waals surface area contributed by atoms with E-state index in [9.17, 15) is 17.6 Å². The lowest BCUT2D eigenvalue weighted by Crippen LogP contribution is -2.33. The van der Waals surface area contributed by atoms with E-state index in [1.807, 2.05) is 0 Å². The number of carbonyl (C=O) groups is 1. The van der Waals surface area contributed by atoms with Gasteiger partial charge in [-0.1, -0.05) is 11.6 Å². The highest BCUT2D eigenvalue weighted by atomic mass is 35.5. The molecule has 5 nitrogen and oxygen atoms in total. The number of aryl methyl sites for hydroxylation is 1. The lowest BCUT2D eigenvalue weighted by molar-refractivity contribution is -0.115. The molecule has 2 rings (SSSR count). The van der Waals surface area contributed by atoms with Crippen molar-refractivity contribution in [3.8, 4) is 0 Å². The number of sulfonamides is 1. The molecule has 0 spiro atoms. The largest absolute Gasteiger partial charge is 0.325 e. The van der Waals surface area contributed by atoms with Crippen molar-refractivity contribution in [3.05, 3.63) is 58.9 Å². The molecule has 23 heavy (non-hydrogen) atoms. The van der Waals surface area contributed by atoms with Gasteiger partial charge in [-0.15, -0.1) is 0 Å². The van der Waals surface area contributed by atoms with Crippen LogP contribution in [0.3, 0.4) is 0 Å². The molecular formula is C15H14ClFN2O3S. The number of hydrogen-bond acceptors (Lipinski definition) is 3. The van der Waals surface area contributed by atoms with Crippen LogP contribution in [0.1, 0.15) is 5.56 Å². The fourth-order valence-electron chi connectivity index (χ4n) is 1.89. The fraction of sp³-hybridized carbons (Fsp3) is 0.133. The second-order valence-corrected chi connectivity index (χ2v) is 6.96. The highest BCUT2D eigenvalue weighted by Gasteiger charge is 2.18. The lowest BCUT2D eigenvalue weighted by Gasteiger charge is -2.10. The Morgan fingerprint density at radius 2 is 1.83 bits per heavy atom. The van der Waals surface area contributed by atoms with Crippen LogP contribution in [0.25, 0.3) is 0 Å². The minimum atomic E-state index is -3.90. The maximum atomic E-state index is 13.0. The number of halogens is 2.